The van der Waals surface area contributed by atoms with Crippen molar-refractivity contribution in [3.8, 4) is 0 Å². The van der Waals surface area contributed by atoms with Crippen molar-refractivity contribution < 1.29 is 0 Å². The summed E-state index contributed by atoms with van der Waals surface area (Å²) in [6.45, 7) is 7.88. The summed E-state index contributed by atoms with van der Waals surface area (Å²) in [5.74, 6) is 1.25. The fourth-order valence-electron chi connectivity index (χ4n) is 2.49. The maximum atomic E-state index is 12.0. The molecule has 2 heterocycles. The van der Waals surface area contributed by atoms with Gasteiger partial charge in [0.2, 0.25) is 0 Å². The lowest BCUT2D eigenvalue weighted by atomic mass is 9.94. The Hall–Kier alpha value is -1.29. The molecule has 1 aliphatic rings. The lowest BCUT2D eigenvalue weighted by Gasteiger charge is -2.27. The van der Waals surface area contributed by atoms with Gasteiger partial charge in [-0.25, -0.2) is 0 Å². The summed E-state index contributed by atoms with van der Waals surface area (Å²) in [6.07, 6.45) is 0.992. The number of fused-ring (bicyclic) bond motifs is 1. The molecule has 0 aromatic carbocycles. The van der Waals surface area contributed by atoms with Crippen LogP contribution in [0.25, 0.3) is 0 Å². The van der Waals surface area contributed by atoms with Crippen LogP contribution < -0.4 is 16.6 Å². The van der Waals surface area contributed by atoms with E-state index >= 15 is 0 Å². The number of hydrogen-bond acceptors (Lipinski definition) is 3. The van der Waals surface area contributed by atoms with Crippen LogP contribution in [0.1, 0.15) is 50.3 Å². The topological polar surface area (TPSA) is 60.0 Å². The molecule has 0 spiro atoms. The number of rotatable bonds is 2. The molecule has 0 amide bonds. The number of nitrogens with one attached hydrogen (secondary N) is 1. The van der Waals surface area contributed by atoms with Crippen LogP contribution in [0.15, 0.2) is 10.9 Å². The highest BCUT2D eigenvalue weighted by Crippen LogP contribution is 2.30. The van der Waals surface area contributed by atoms with E-state index in [0.29, 0.717) is 5.92 Å². The zero-order valence-corrected chi connectivity index (χ0v) is 10.8. The molecule has 1 aromatic rings. The number of nitrogens with two attached hydrogens (primary N) is 1. The Balaban J connectivity index is 2.71. The van der Waals surface area contributed by atoms with E-state index in [-0.39, 0.29) is 11.6 Å². The van der Waals surface area contributed by atoms with Crippen molar-refractivity contribution in [1.29, 1.82) is 0 Å². The van der Waals surface area contributed by atoms with Gasteiger partial charge in [-0.1, -0.05) is 13.8 Å². The van der Waals surface area contributed by atoms with Gasteiger partial charge in [0, 0.05) is 30.8 Å². The zero-order valence-electron chi connectivity index (χ0n) is 10.8. The molecule has 4 nitrogen and oxygen atoms in total. The van der Waals surface area contributed by atoms with Gasteiger partial charge in [-0.15, -0.1) is 0 Å². The van der Waals surface area contributed by atoms with E-state index in [0.717, 1.165) is 36.5 Å². The molecule has 0 saturated carbocycles. The predicted octanol–water partition coefficient (Wildman–Crippen LogP) is 1.81. The molecule has 4 heteroatoms. The predicted molar refractivity (Wildman–Crippen MR) is 70.5 cm³/mol. The number of hydrogen-bond donors (Lipinski definition) is 2. The maximum absolute atomic E-state index is 12.0. The van der Waals surface area contributed by atoms with Crippen LogP contribution in [0.2, 0.25) is 0 Å². The summed E-state index contributed by atoms with van der Waals surface area (Å²) in [5.41, 5.74) is 8.33. The highest BCUT2D eigenvalue weighted by molar-refractivity contribution is 5.53. The molecule has 0 saturated heterocycles. The van der Waals surface area contributed by atoms with Gasteiger partial charge in [0.25, 0.3) is 5.56 Å². The van der Waals surface area contributed by atoms with E-state index in [1.807, 2.05) is 11.5 Å². The van der Waals surface area contributed by atoms with Crippen LogP contribution >= 0.6 is 0 Å². The average molecular weight is 235 g/mol. The average Bonchev–Trinajstić information content (AvgIpc) is 2.28. The minimum Gasteiger partial charge on any atom is -0.371 e. The van der Waals surface area contributed by atoms with Gasteiger partial charge >= 0.3 is 0 Å². The molecule has 0 bridgehead atoms. The number of nitrogens with zero attached hydrogens (tertiary/aromatic N) is 1. The van der Waals surface area contributed by atoms with Crippen LogP contribution in [-0.2, 0) is 6.54 Å². The first-order chi connectivity index (χ1) is 8.02. The minimum absolute atomic E-state index is 0.0557. The van der Waals surface area contributed by atoms with Crippen LogP contribution in [0, 0.1) is 0 Å². The Morgan fingerprint density at radius 1 is 1.41 bits per heavy atom. The second-order valence-corrected chi connectivity index (χ2v) is 5.08. The zero-order chi connectivity index (χ0) is 12.6. The molecule has 2 rings (SSSR count). The van der Waals surface area contributed by atoms with Gasteiger partial charge in [0.05, 0.1) is 0 Å². The summed E-state index contributed by atoms with van der Waals surface area (Å²) >= 11 is 0. The Bertz CT molecular complexity index is 474. The Morgan fingerprint density at radius 3 is 2.71 bits per heavy atom. The van der Waals surface area contributed by atoms with Gasteiger partial charge in [0.1, 0.15) is 5.82 Å². The molecule has 1 atom stereocenters. The second kappa shape index (κ2) is 4.53. The molecule has 94 valence electrons. The van der Waals surface area contributed by atoms with E-state index < -0.39 is 0 Å². The van der Waals surface area contributed by atoms with Gasteiger partial charge in [-0.05, 0) is 24.8 Å². The summed E-state index contributed by atoms with van der Waals surface area (Å²) in [6, 6.07) is 1.69. The van der Waals surface area contributed by atoms with Gasteiger partial charge in [-0.3, -0.25) is 9.36 Å². The van der Waals surface area contributed by atoms with Crippen LogP contribution in [0.5, 0.6) is 0 Å². The first-order valence-corrected chi connectivity index (χ1v) is 6.29. The third kappa shape index (κ3) is 2.09. The molecule has 1 aromatic heterocycles. The van der Waals surface area contributed by atoms with Crippen molar-refractivity contribution in [3.63, 3.8) is 0 Å². The van der Waals surface area contributed by atoms with Gasteiger partial charge < -0.3 is 11.1 Å². The van der Waals surface area contributed by atoms with Crippen LogP contribution in [-0.4, -0.2) is 11.1 Å². The smallest absolute Gasteiger partial charge is 0.252 e. The lowest BCUT2D eigenvalue weighted by Crippen LogP contribution is -2.32. The Kier molecular flexibility index (Phi) is 3.24. The highest BCUT2D eigenvalue weighted by atomic mass is 16.1. The normalized spacial score (nSPS) is 16.5. The fourth-order valence-corrected chi connectivity index (χ4v) is 2.49. The van der Waals surface area contributed by atoms with E-state index in [9.17, 15) is 4.79 Å². The molecule has 17 heavy (non-hydrogen) atoms. The van der Waals surface area contributed by atoms with E-state index in [1.165, 1.54) is 0 Å². The molecule has 0 radical (unpaired) electrons. The first kappa shape index (κ1) is 12.2. The molecule has 0 fully saturated rings. The third-order valence-corrected chi connectivity index (χ3v) is 3.31. The van der Waals surface area contributed by atoms with Crippen molar-refractivity contribution >= 4 is 5.82 Å². The van der Waals surface area contributed by atoms with Crippen LogP contribution in [0.3, 0.4) is 0 Å². The standard InChI is InChI=1S/C13H21N3O/c1-8(2)10-7-11(17)16-6-4-5-15-13(16)12(10)9(3)14/h7-9,15H,4-6,14H2,1-3H3. The molecular weight excluding hydrogens is 214 g/mol. The van der Waals surface area contributed by atoms with Crippen LogP contribution in [0.4, 0.5) is 5.82 Å². The van der Waals surface area contributed by atoms with Gasteiger partial charge in [-0.2, -0.15) is 0 Å². The van der Waals surface area contributed by atoms with Crippen molar-refractivity contribution in [2.75, 3.05) is 11.9 Å². The maximum Gasteiger partial charge on any atom is 0.252 e. The summed E-state index contributed by atoms with van der Waals surface area (Å²) in [4.78, 5) is 12.0. The fraction of sp³-hybridized carbons (Fsp3) is 0.615. The minimum atomic E-state index is -0.0557. The molecule has 0 aliphatic carbocycles. The quantitative estimate of drug-likeness (QED) is 0.822. The molecule has 1 unspecified atom stereocenters. The largest absolute Gasteiger partial charge is 0.371 e. The molecular formula is C13H21N3O. The van der Waals surface area contributed by atoms with Crippen molar-refractivity contribution in [1.82, 2.24) is 4.57 Å². The Morgan fingerprint density at radius 2 is 2.12 bits per heavy atom. The third-order valence-electron chi connectivity index (χ3n) is 3.31. The van der Waals surface area contributed by atoms with Crippen molar-refractivity contribution in [3.05, 3.63) is 27.5 Å². The molecule has 3 N–H and O–H groups in total. The summed E-state index contributed by atoms with van der Waals surface area (Å²) in [5, 5.41) is 3.33. The Labute approximate surface area is 102 Å². The number of pyridine rings is 1. The van der Waals surface area contributed by atoms with E-state index in [4.69, 9.17) is 5.73 Å². The highest BCUT2D eigenvalue weighted by Gasteiger charge is 2.21. The molecule has 1 aliphatic heterocycles. The SMILES string of the molecule is CC(C)c1cc(=O)n2c(c1C(C)N)NCCC2. The van der Waals surface area contributed by atoms with Gasteiger partial charge in [0.15, 0.2) is 0 Å². The second-order valence-electron chi connectivity index (χ2n) is 5.08. The lowest BCUT2D eigenvalue weighted by molar-refractivity contribution is 0.592. The summed E-state index contributed by atoms with van der Waals surface area (Å²) in [7, 11) is 0. The number of anilines is 1. The van der Waals surface area contributed by atoms with Crippen molar-refractivity contribution in [2.24, 2.45) is 5.73 Å². The van der Waals surface area contributed by atoms with Crippen molar-refractivity contribution in [2.45, 2.75) is 45.7 Å². The summed E-state index contributed by atoms with van der Waals surface area (Å²) < 4.78 is 1.81. The van der Waals surface area contributed by atoms with E-state index in [1.54, 1.807) is 6.07 Å². The first-order valence-electron chi connectivity index (χ1n) is 6.29. The number of aromatic nitrogens is 1. The van der Waals surface area contributed by atoms with E-state index in [2.05, 4.69) is 19.2 Å². The monoisotopic (exact) mass is 235 g/mol.